The predicted octanol–water partition coefficient (Wildman–Crippen LogP) is 10.9. The van der Waals surface area contributed by atoms with Crippen molar-refractivity contribution in [2.75, 3.05) is 0 Å². The van der Waals surface area contributed by atoms with Gasteiger partial charge < -0.3 is 0 Å². The number of benzene rings is 4. The second-order valence-corrected chi connectivity index (χ2v) is 13.0. The van der Waals surface area contributed by atoms with Crippen LogP contribution in [0.2, 0.25) is 0 Å². The van der Waals surface area contributed by atoms with Gasteiger partial charge in [-0.05, 0) is 24.3 Å². The van der Waals surface area contributed by atoms with Crippen LogP contribution in [-0.2, 0) is 0 Å². The van der Waals surface area contributed by atoms with Crippen LogP contribution in [-0.4, -0.2) is 9.97 Å². The number of thiophene rings is 3. The molecule has 0 fully saturated rings. The van der Waals surface area contributed by atoms with E-state index in [9.17, 15) is 0 Å². The molecule has 5 aromatic heterocycles. The molecule has 0 unspecified atom stereocenters. The maximum atomic E-state index is 4.96. The monoisotopic (exact) mass is 550 g/mol. The fourth-order valence-corrected chi connectivity index (χ4v) is 9.33. The minimum atomic E-state index is 1.03. The molecule has 5 heterocycles. The van der Waals surface area contributed by atoms with Crippen molar-refractivity contribution in [2.24, 2.45) is 0 Å². The Morgan fingerprint density at radius 3 is 1.36 bits per heavy atom. The van der Waals surface area contributed by atoms with Gasteiger partial charge in [-0.25, -0.2) is 0 Å². The molecule has 2 nitrogen and oxygen atoms in total. The van der Waals surface area contributed by atoms with E-state index in [1.54, 1.807) is 0 Å². The molecule has 0 saturated heterocycles. The average molecular weight is 551 g/mol. The maximum absolute atomic E-state index is 4.96. The molecule has 0 aliphatic heterocycles. The molecule has 9 rings (SSSR count). The van der Waals surface area contributed by atoms with E-state index in [0.29, 0.717) is 0 Å². The van der Waals surface area contributed by atoms with Gasteiger partial charge in [0.15, 0.2) is 0 Å². The van der Waals surface area contributed by atoms with E-state index < -0.39 is 0 Å². The third-order valence-electron chi connectivity index (χ3n) is 7.60. The summed E-state index contributed by atoms with van der Waals surface area (Å²) in [6.45, 7) is 0. The van der Waals surface area contributed by atoms with Crippen LogP contribution in [0.25, 0.3) is 83.0 Å². The van der Waals surface area contributed by atoms with Gasteiger partial charge in [0.1, 0.15) is 0 Å². The summed E-state index contributed by atoms with van der Waals surface area (Å²) in [5, 5.41) is 7.57. The van der Waals surface area contributed by atoms with Crippen molar-refractivity contribution in [3.05, 3.63) is 109 Å². The minimum absolute atomic E-state index is 1.03. The second-order valence-electron chi connectivity index (χ2n) is 9.79. The first-order valence-corrected chi connectivity index (χ1v) is 15.3. The van der Waals surface area contributed by atoms with Crippen molar-refractivity contribution in [1.82, 2.24) is 9.97 Å². The van der Waals surface area contributed by atoms with E-state index in [1.165, 1.54) is 71.6 Å². The molecule has 0 amide bonds. The maximum Gasteiger partial charge on any atom is 0.0730 e. The van der Waals surface area contributed by atoms with Crippen LogP contribution in [0, 0.1) is 0 Å². The van der Waals surface area contributed by atoms with Gasteiger partial charge >= 0.3 is 0 Å². The highest BCUT2D eigenvalue weighted by Gasteiger charge is 2.16. The Kier molecular flexibility index (Phi) is 4.55. The van der Waals surface area contributed by atoms with Gasteiger partial charge in [0.25, 0.3) is 0 Å². The molecular weight excluding hydrogens is 533 g/mol. The molecule has 0 spiro atoms. The lowest BCUT2D eigenvalue weighted by molar-refractivity contribution is 1.37. The van der Waals surface area contributed by atoms with Gasteiger partial charge in [-0.3, -0.25) is 9.97 Å². The predicted molar refractivity (Wildman–Crippen MR) is 172 cm³/mol. The Morgan fingerprint density at radius 1 is 0.385 bits per heavy atom. The molecule has 39 heavy (non-hydrogen) atoms. The van der Waals surface area contributed by atoms with E-state index in [0.717, 1.165) is 11.4 Å². The van der Waals surface area contributed by atoms with Crippen LogP contribution in [0.1, 0.15) is 0 Å². The summed E-state index contributed by atoms with van der Waals surface area (Å²) in [7, 11) is 0. The molecule has 9 aromatic rings. The standard InChI is InChI=1S/C34H18N2S3/c1-3-13-29-19(7-1)25-17-35-27(15-31(25)37-29)23-11-5-9-21-22-10-6-12-24(34(22)39-33(21)23)28-16-32-26(18-36-28)20-8-2-4-14-30(20)38-32/h1-18H. The molecule has 4 aromatic carbocycles. The van der Waals surface area contributed by atoms with Crippen LogP contribution < -0.4 is 0 Å². The lowest BCUT2D eigenvalue weighted by Gasteiger charge is -2.03. The Labute approximate surface area is 235 Å². The van der Waals surface area contributed by atoms with Crippen molar-refractivity contribution in [2.45, 2.75) is 0 Å². The number of hydrogen-bond donors (Lipinski definition) is 0. The smallest absolute Gasteiger partial charge is 0.0730 e. The lowest BCUT2D eigenvalue weighted by atomic mass is 10.0. The van der Waals surface area contributed by atoms with Crippen LogP contribution in [0.5, 0.6) is 0 Å². The molecule has 0 bridgehead atoms. The summed E-state index contributed by atoms with van der Waals surface area (Å²) < 4.78 is 7.71. The zero-order valence-corrected chi connectivity index (χ0v) is 23.0. The topological polar surface area (TPSA) is 25.8 Å². The molecule has 0 radical (unpaired) electrons. The van der Waals surface area contributed by atoms with Crippen LogP contribution in [0.3, 0.4) is 0 Å². The highest BCUT2D eigenvalue weighted by atomic mass is 32.1. The van der Waals surface area contributed by atoms with Crippen molar-refractivity contribution in [3.63, 3.8) is 0 Å². The summed E-state index contributed by atoms with van der Waals surface area (Å²) in [6.07, 6.45) is 4.09. The van der Waals surface area contributed by atoms with E-state index in [4.69, 9.17) is 9.97 Å². The Balaban J connectivity index is 1.25. The lowest BCUT2D eigenvalue weighted by Crippen LogP contribution is -1.83. The number of hydrogen-bond acceptors (Lipinski definition) is 5. The normalized spacial score (nSPS) is 12.1. The van der Waals surface area contributed by atoms with Crippen LogP contribution >= 0.6 is 34.0 Å². The molecule has 0 aliphatic rings. The van der Waals surface area contributed by atoms with Crippen molar-refractivity contribution in [3.8, 4) is 22.5 Å². The number of fused-ring (bicyclic) bond motifs is 9. The van der Waals surface area contributed by atoms with Gasteiger partial charge in [-0.15, -0.1) is 34.0 Å². The number of nitrogens with zero attached hydrogens (tertiary/aromatic N) is 2. The molecular formula is C34H18N2S3. The first kappa shape index (κ1) is 21.7. The Bertz CT molecular complexity index is 2240. The summed E-state index contributed by atoms with van der Waals surface area (Å²) >= 11 is 5.53. The number of aromatic nitrogens is 2. The average Bonchev–Trinajstić information content (AvgIpc) is 3.67. The van der Waals surface area contributed by atoms with Gasteiger partial charge in [0.05, 0.1) is 11.4 Å². The van der Waals surface area contributed by atoms with Crippen molar-refractivity contribution < 1.29 is 0 Å². The van der Waals surface area contributed by atoms with Crippen molar-refractivity contribution in [1.29, 1.82) is 0 Å². The Morgan fingerprint density at radius 2 is 0.846 bits per heavy atom. The summed E-state index contributed by atoms with van der Waals surface area (Å²) in [6, 6.07) is 34.9. The second kappa shape index (κ2) is 8.17. The molecule has 5 heteroatoms. The van der Waals surface area contributed by atoms with Crippen LogP contribution in [0.4, 0.5) is 0 Å². The summed E-state index contributed by atoms with van der Waals surface area (Å²) in [5.41, 5.74) is 4.43. The Hall–Kier alpha value is -4.16. The zero-order chi connectivity index (χ0) is 25.5. The first-order valence-electron chi connectivity index (χ1n) is 12.8. The fourth-order valence-electron chi connectivity index (χ4n) is 5.76. The van der Waals surface area contributed by atoms with Gasteiger partial charge in [0, 0.05) is 84.0 Å². The highest BCUT2D eigenvalue weighted by molar-refractivity contribution is 7.27. The SMILES string of the molecule is c1ccc2c(c1)sc1cc(-c3cccc4c3sc3c(-c5cc6sc7ccccc7c6cn5)cccc34)ncc12. The first-order chi connectivity index (χ1) is 19.3. The van der Waals surface area contributed by atoms with Gasteiger partial charge in [-0.2, -0.15) is 0 Å². The third-order valence-corrected chi connectivity index (χ3v) is 11.2. The molecule has 0 saturated carbocycles. The summed E-state index contributed by atoms with van der Waals surface area (Å²) in [5.74, 6) is 0. The van der Waals surface area contributed by atoms with E-state index >= 15 is 0 Å². The largest absolute Gasteiger partial charge is 0.255 e. The van der Waals surface area contributed by atoms with Gasteiger partial charge in [0.2, 0.25) is 0 Å². The molecule has 0 atom stereocenters. The zero-order valence-electron chi connectivity index (χ0n) is 20.5. The number of pyridine rings is 2. The van der Waals surface area contributed by atoms with Crippen LogP contribution in [0.15, 0.2) is 109 Å². The highest BCUT2D eigenvalue weighted by Crippen LogP contribution is 2.45. The minimum Gasteiger partial charge on any atom is -0.255 e. The molecule has 0 aliphatic carbocycles. The van der Waals surface area contributed by atoms with E-state index in [2.05, 4.69) is 97.1 Å². The molecule has 0 N–H and O–H groups in total. The molecule has 182 valence electrons. The third kappa shape index (κ3) is 3.18. The van der Waals surface area contributed by atoms with Crippen molar-refractivity contribution >= 4 is 94.5 Å². The summed E-state index contributed by atoms with van der Waals surface area (Å²) in [4.78, 5) is 9.92. The van der Waals surface area contributed by atoms with Gasteiger partial charge in [-0.1, -0.05) is 72.8 Å². The van der Waals surface area contributed by atoms with E-state index in [1.807, 2.05) is 46.4 Å². The number of rotatable bonds is 2. The fraction of sp³-hybridized carbons (Fsp3) is 0. The van der Waals surface area contributed by atoms with E-state index in [-0.39, 0.29) is 0 Å². The quantitative estimate of drug-likeness (QED) is 0.214.